The summed E-state index contributed by atoms with van der Waals surface area (Å²) in [5.41, 5.74) is 2.69. The summed E-state index contributed by atoms with van der Waals surface area (Å²) in [7, 11) is -3.86. The maximum Gasteiger partial charge on any atom is 0.244 e. The number of hydrogen-bond donors (Lipinski definition) is 1. The molecule has 0 radical (unpaired) electrons. The van der Waals surface area contributed by atoms with Gasteiger partial charge in [0.15, 0.2) is 0 Å². The van der Waals surface area contributed by atoms with Crippen molar-refractivity contribution in [3.05, 3.63) is 101 Å². The number of hydrogen-bond acceptors (Lipinski definition) is 4. The number of nitrogens with one attached hydrogen (secondary N) is 1. The van der Waals surface area contributed by atoms with Gasteiger partial charge >= 0.3 is 0 Å². The van der Waals surface area contributed by atoms with Crippen molar-refractivity contribution in [2.24, 2.45) is 5.92 Å². The van der Waals surface area contributed by atoms with E-state index in [2.05, 4.69) is 26.1 Å². The molecule has 0 heterocycles. The van der Waals surface area contributed by atoms with E-state index in [1.165, 1.54) is 17.0 Å². The average molecular weight is 596 g/mol. The molecule has 3 rings (SSSR count). The van der Waals surface area contributed by atoms with Crippen LogP contribution in [0.3, 0.4) is 0 Å². The molecule has 3 aromatic carbocycles. The van der Waals surface area contributed by atoms with Crippen LogP contribution < -0.4 is 9.62 Å². The molecule has 42 heavy (non-hydrogen) atoms. The molecule has 0 bridgehead atoms. The second-order valence-corrected chi connectivity index (χ2v) is 14.0. The van der Waals surface area contributed by atoms with Crippen LogP contribution in [-0.4, -0.2) is 50.5 Å². The molecule has 0 saturated carbocycles. The van der Waals surface area contributed by atoms with Crippen molar-refractivity contribution in [2.75, 3.05) is 23.7 Å². The zero-order valence-electron chi connectivity index (χ0n) is 25.3. The van der Waals surface area contributed by atoms with Crippen LogP contribution in [0.2, 0.25) is 0 Å². The topological polar surface area (TPSA) is 86.8 Å². The summed E-state index contributed by atoms with van der Waals surface area (Å²) >= 11 is 0. The van der Waals surface area contributed by atoms with Gasteiger partial charge in [-0.05, 0) is 52.3 Å². The van der Waals surface area contributed by atoms with E-state index >= 15 is 0 Å². The van der Waals surface area contributed by atoms with Gasteiger partial charge in [0, 0.05) is 19.5 Å². The third-order valence-corrected chi connectivity index (χ3v) is 8.06. The van der Waals surface area contributed by atoms with E-state index < -0.39 is 34.3 Å². The number of carbonyl (C=O) groups excluding carboxylic acids is 2. The monoisotopic (exact) mass is 595 g/mol. The lowest BCUT2D eigenvalue weighted by atomic mass is 9.87. The second-order valence-electron chi connectivity index (χ2n) is 12.1. The van der Waals surface area contributed by atoms with E-state index in [0.29, 0.717) is 17.8 Å². The van der Waals surface area contributed by atoms with Gasteiger partial charge in [0.25, 0.3) is 0 Å². The summed E-state index contributed by atoms with van der Waals surface area (Å²) in [6.07, 6.45) is 1.27. The number of rotatable bonds is 12. The van der Waals surface area contributed by atoms with E-state index in [1.807, 2.05) is 56.3 Å². The Morgan fingerprint density at radius 3 is 2.00 bits per heavy atom. The summed E-state index contributed by atoms with van der Waals surface area (Å²) in [6.45, 7) is 10.0. The normalized spacial score (nSPS) is 12.6. The molecule has 7 nitrogen and oxygen atoms in total. The van der Waals surface area contributed by atoms with Crippen LogP contribution >= 0.6 is 0 Å². The van der Waals surface area contributed by atoms with Gasteiger partial charge in [0.1, 0.15) is 18.4 Å². The maximum absolute atomic E-state index is 14.1. The molecule has 0 spiro atoms. The van der Waals surface area contributed by atoms with E-state index in [-0.39, 0.29) is 30.2 Å². The quantitative estimate of drug-likeness (QED) is 0.308. The summed E-state index contributed by atoms with van der Waals surface area (Å²) in [6, 6.07) is 21.2. The van der Waals surface area contributed by atoms with Crippen molar-refractivity contribution < 1.29 is 22.4 Å². The van der Waals surface area contributed by atoms with Crippen LogP contribution in [0, 0.1) is 11.7 Å². The number of benzene rings is 3. The van der Waals surface area contributed by atoms with Crippen molar-refractivity contribution in [1.29, 1.82) is 0 Å². The van der Waals surface area contributed by atoms with E-state index in [9.17, 15) is 22.4 Å². The Balaban J connectivity index is 2.04. The van der Waals surface area contributed by atoms with Gasteiger partial charge in [-0.2, -0.15) is 0 Å². The molecule has 1 atom stereocenters. The fourth-order valence-corrected chi connectivity index (χ4v) is 5.35. The van der Waals surface area contributed by atoms with Crippen LogP contribution in [0.1, 0.15) is 51.3 Å². The molecule has 0 aliphatic rings. The molecule has 226 valence electrons. The first-order chi connectivity index (χ1) is 19.6. The average Bonchev–Trinajstić information content (AvgIpc) is 2.92. The smallest absolute Gasteiger partial charge is 0.244 e. The molecular formula is C33H42FN3O4S. The molecule has 1 N–H and O–H groups in total. The summed E-state index contributed by atoms with van der Waals surface area (Å²) < 4.78 is 40.7. The Kier molecular flexibility index (Phi) is 10.9. The zero-order chi connectivity index (χ0) is 31.1. The van der Waals surface area contributed by atoms with Gasteiger partial charge in [0.05, 0.1) is 11.9 Å². The lowest BCUT2D eigenvalue weighted by Crippen LogP contribution is -2.53. The molecule has 0 aliphatic carbocycles. The number of amides is 2. The van der Waals surface area contributed by atoms with Gasteiger partial charge < -0.3 is 10.2 Å². The first-order valence-electron chi connectivity index (χ1n) is 14.1. The minimum absolute atomic E-state index is 0.00766. The molecule has 9 heteroatoms. The second kappa shape index (κ2) is 14.0. The SMILES string of the molecule is CC(C)CNC(=O)[C@H](Cc1ccccc1)N(Cc1ccc(F)cc1)C(=O)CN(c1ccc(C(C)(C)C)cc1)S(C)(=O)=O. The largest absolute Gasteiger partial charge is 0.354 e. The van der Waals surface area contributed by atoms with Crippen molar-refractivity contribution in [1.82, 2.24) is 10.2 Å². The van der Waals surface area contributed by atoms with Crippen molar-refractivity contribution in [3.8, 4) is 0 Å². The Morgan fingerprint density at radius 2 is 1.48 bits per heavy atom. The third-order valence-electron chi connectivity index (χ3n) is 6.92. The molecule has 0 saturated heterocycles. The molecule has 2 amide bonds. The molecule has 3 aromatic rings. The van der Waals surface area contributed by atoms with Crippen molar-refractivity contribution >= 4 is 27.5 Å². The predicted octanol–water partition coefficient (Wildman–Crippen LogP) is 5.30. The molecular weight excluding hydrogens is 553 g/mol. The summed E-state index contributed by atoms with van der Waals surface area (Å²) in [5.74, 6) is -1.13. The zero-order valence-corrected chi connectivity index (χ0v) is 26.1. The highest BCUT2D eigenvalue weighted by atomic mass is 32.2. The summed E-state index contributed by atoms with van der Waals surface area (Å²) in [5, 5.41) is 2.94. The minimum Gasteiger partial charge on any atom is -0.354 e. The van der Waals surface area contributed by atoms with Crippen molar-refractivity contribution in [2.45, 2.75) is 59.0 Å². The number of sulfonamides is 1. The Morgan fingerprint density at radius 1 is 0.881 bits per heavy atom. The fourth-order valence-electron chi connectivity index (χ4n) is 4.50. The van der Waals surface area contributed by atoms with Crippen LogP contribution in [-0.2, 0) is 38.0 Å². The maximum atomic E-state index is 14.1. The highest BCUT2D eigenvalue weighted by Crippen LogP contribution is 2.26. The van der Waals surface area contributed by atoms with Gasteiger partial charge in [-0.25, -0.2) is 12.8 Å². The number of nitrogens with zero attached hydrogens (tertiary/aromatic N) is 2. The van der Waals surface area contributed by atoms with Crippen molar-refractivity contribution in [3.63, 3.8) is 0 Å². The number of halogens is 1. The van der Waals surface area contributed by atoms with E-state index in [1.54, 1.807) is 24.3 Å². The molecule has 0 fully saturated rings. The van der Waals surface area contributed by atoms with Crippen LogP contribution in [0.15, 0.2) is 78.9 Å². The lowest BCUT2D eigenvalue weighted by Gasteiger charge is -2.33. The molecule has 0 unspecified atom stereocenters. The van der Waals surface area contributed by atoms with Gasteiger partial charge in [-0.3, -0.25) is 13.9 Å². The molecule has 0 aromatic heterocycles. The van der Waals surface area contributed by atoms with Crippen LogP contribution in [0.25, 0.3) is 0 Å². The molecule has 0 aliphatic heterocycles. The third kappa shape index (κ3) is 9.41. The Hall–Kier alpha value is -3.72. The Bertz CT molecular complexity index is 1440. The highest BCUT2D eigenvalue weighted by molar-refractivity contribution is 7.92. The first kappa shape index (κ1) is 32.8. The standard InChI is InChI=1S/C33H42FN3O4S/c1-24(2)21-35-32(39)30(20-25-10-8-7-9-11-25)36(22-26-12-16-28(34)17-13-26)31(38)23-37(42(6,40)41)29-18-14-27(15-19-29)33(3,4)5/h7-19,24,30H,20-23H2,1-6H3,(H,35,39)/t30-/m0/s1. The van der Waals surface area contributed by atoms with Gasteiger partial charge in [0.2, 0.25) is 21.8 Å². The van der Waals surface area contributed by atoms with E-state index in [4.69, 9.17) is 0 Å². The Labute approximate surface area is 249 Å². The number of carbonyl (C=O) groups is 2. The van der Waals surface area contributed by atoms with Crippen LogP contribution in [0.5, 0.6) is 0 Å². The fraction of sp³-hybridized carbons (Fsp3) is 0.394. The van der Waals surface area contributed by atoms with Gasteiger partial charge in [-0.1, -0.05) is 89.2 Å². The highest BCUT2D eigenvalue weighted by Gasteiger charge is 2.33. The van der Waals surface area contributed by atoms with E-state index in [0.717, 1.165) is 21.7 Å². The minimum atomic E-state index is -3.86. The number of anilines is 1. The van der Waals surface area contributed by atoms with Gasteiger partial charge in [-0.15, -0.1) is 0 Å². The first-order valence-corrected chi connectivity index (χ1v) is 15.9. The van der Waals surface area contributed by atoms with Crippen LogP contribution in [0.4, 0.5) is 10.1 Å². The predicted molar refractivity (Wildman–Crippen MR) is 166 cm³/mol. The lowest BCUT2D eigenvalue weighted by molar-refractivity contribution is -0.140. The summed E-state index contributed by atoms with van der Waals surface area (Å²) in [4.78, 5) is 29.1.